The Labute approximate surface area is 182 Å². The number of thioether (sulfide) groups is 1. The van der Waals surface area contributed by atoms with E-state index in [0.29, 0.717) is 11.3 Å². The van der Waals surface area contributed by atoms with Gasteiger partial charge < -0.3 is 14.7 Å². The summed E-state index contributed by atoms with van der Waals surface area (Å²) < 4.78 is 6.62. The van der Waals surface area contributed by atoms with Crippen LogP contribution in [0.3, 0.4) is 0 Å². The Balaban J connectivity index is 1.64. The van der Waals surface area contributed by atoms with Crippen LogP contribution in [0.2, 0.25) is 0 Å². The van der Waals surface area contributed by atoms with Gasteiger partial charge in [-0.05, 0) is 44.0 Å². The zero-order chi connectivity index (χ0) is 22.5. The van der Waals surface area contributed by atoms with E-state index in [1.165, 1.54) is 6.08 Å². The second-order valence-corrected chi connectivity index (χ2v) is 7.94. The van der Waals surface area contributed by atoms with E-state index in [4.69, 9.17) is 4.42 Å². The molecule has 2 heterocycles. The number of rotatable bonds is 8. The van der Waals surface area contributed by atoms with Crippen LogP contribution in [0.5, 0.6) is 0 Å². The molecule has 0 atom stereocenters. The van der Waals surface area contributed by atoms with Gasteiger partial charge in [-0.3, -0.25) is 14.2 Å². The maximum absolute atomic E-state index is 12.6. The van der Waals surface area contributed by atoms with E-state index >= 15 is 0 Å². The molecule has 0 aliphatic carbocycles. The first-order chi connectivity index (χ1) is 14.8. The number of aromatic amines is 1. The largest absolute Gasteiger partial charge is 0.416 e. The SMILES string of the molecule is C=CCn1c(=O)[nH]c(C)c(Cc2nnc(SCC(=O)Nc3ccc(C)c(C)c3)o2)c1=O. The van der Waals surface area contributed by atoms with Crippen molar-refractivity contribution in [3.05, 3.63) is 80.0 Å². The van der Waals surface area contributed by atoms with E-state index in [1.807, 2.05) is 32.0 Å². The van der Waals surface area contributed by atoms with Crippen molar-refractivity contribution in [3.8, 4) is 0 Å². The molecule has 0 radical (unpaired) electrons. The van der Waals surface area contributed by atoms with Gasteiger partial charge in [0.25, 0.3) is 10.8 Å². The quantitative estimate of drug-likeness (QED) is 0.406. The predicted molar refractivity (Wildman–Crippen MR) is 119 cm³/mol. The third-order valence-electron chi connectivity index (χ3n) is 4.70. The molecule has 3 aromatic rings. The molecule has 1 aromatic carbocycles. The van der Waals surface area contributed by atoms with Gasteiger partial charge in [-0.25, -0.2) is 4.79 Å². The van der Waals surface area contributed by atoms with Crippen LogP contribution in [0.4, 0.5) is 5.69 Å². The zero-order valence-electron chi connectivity index (χ0n) is 17.5. The van der Waals surface area contributed by atoms with Crippen molar-refractivity contribution in [2.45, 2.75) is 39.0 Å². The third-order valence-corrected chi connectivity index (χ3v) is 5.52. The maximum atomic E-state index is 12.6. The molecule has 162 valence electrons. The number of hydrogen-bond donors (Lipinski definition) is 2. The molecule has 2 aromatic heterocycles. The summed E-state index contributed by atoms with van der Waals surface area (Å²) in [7, 11) is 0. The lowest BCUT2D eigenvalue weighted by molar-refractivity contribution is -0.113. The summed E-state index contributed by atoms with van der Waals surface area (Å²) in [6, 6.07) is 5.71. The average Bonchev–Trinajstić information content (AvgIpc) is 3.17. The zero-order valence-corrected chi connectivity index (χ0v) is 18.3. The van der Waals surface area contributed by atoms with Crippen molar-refractivity contribution in [1.82, 2.24) is 19.7 Å². The van der Waals surface area contributed by atoms with Crippen LogP contribution in [-0.2, 0) is 17.8 Å². The van der Waals surface area contributed by atoms with Gasteiger partial charge in [-0.2, -0.15) is 0 Å². The summed E-state index contributed by atoms with van der Waals surface area (Å²) in [5.74, 6) is 0.115. The van der Waals surface area contributed by atoms with E-state index in [1.54, 1.807) is 6.92 Å². The van der Waals surface area contributed by atoms with Crippen LogP contribution in [0, 0.1) is 20.8 Å². The van der Waals surface area contributed by atoms with Gasteiger partial charge in [0.2, 0.25) is 11.8 Å². The highest BCUT2D eigenvalue weighted by atomic mass is 32.2. The Kier molecular flexibility index (Phi) is 6.91. The topological polar surface area (TPSA) is 123 Å². The molecule has 3 rings (SSSR count). The number of anilines is 1. The Hall–Kier alpha value is -3.40. The molecule has 31 heavy (non-hydrogen) atoms. The lowest BCUT2D eigenvalue weighted by Crippen LogP contribution is -2.37. The number of H-pyrrole nitrogens is 1. The highest BCUT2D eigenvalue weighted by molar-refractivity contribution is 7.99. The van der Waals surface area contributed by atoms with Gasteiger partial charge in [0.1, 0.15) is 0 Å². The summed E-state index contributed by atoms with van der Waals surface area (Å²) in [5, 5.41) is 10.9. The second-order valence-electron chi connectivity index (χ2n) is 7.01. The number of hydrogen-bond acceptors (Lipinski definition) is 7. The summed E-state index contributed by atoms with van der Waals surface area (Å²) >= 11 is 1.10. The lowest BCUT2D eigenvalue weighted by Gasteiger charge is -2.07. The number of aryl methyl sites for hydroxylation is 3. The van der Waals surface area contributed by atoms with Crippen molar-refractivity contribution in [2.24, 2.45) is 0 Å². The molecule has 9 nitrogen and oxygen atoms in total. The minimum absolute atomic E-state index is 0.0704. The Morgan fingerprint density at radius 3 is 2.74 bits per heavy atom. The highest BCUT2D eigenvalue weighted by Crippen LogP contribution is 2.19. The number of nitrogens with one attached hydrogen (secondary N) is 2. The molecular weight excluding hydrogens is 418 g/mol. The third kappa shape index (κ3) is 5.40. The molecule has 0 saturated heterocycles. The average molecular weight is 442 g/mol. The van der Waals surface area contributed by atoms with Gasteiger partial charge >= 0.3 is 5.69 Å². The van der Waals surface area contributed by atoms with Crippen LogP contribution in [0.1, 0.15) is 28.3 Å². The van der Waals surface area contributed by atoms with Crippen LogP contribution in [0.15, 0.2) is 50.1 Å². The fraction of sp³-hybridized carbons (Fsp3) is 0.286. The van der Waals surface area contributed by atoms with Gasteiger partial charge in [0.05, 0.1) is 12.2 Å². The first-order valence-electron chi connectivity index (χ1n) is 9.54. The van der Waals surface area contributed by atoms with Gasteiger partial charge in [-0.1, -0.05) is 23.9 Å². The molecule has 2 N–H and O–H groups in total. The van der Waals surface area contributed by atoms with Crippen LogP contribution < -0.4 is 16.6 Å². The Morgan fingerprint density at radius 2 is 2.03 bits per heavy atom. The maximum Gasteiger partial charge on any atom is 0.328 e. The first kappa shape index (κ1) is 22.3. The van der Waals surface area contributed by atoms with E-state index in [2.05, 4.69) is 27.1 Å². The van der Waals surface area contributed by atoms with Crippen LogP contribution >= 0.6 is 11.8 Å². The number of carbonyl (C=O) groups excluding carboxylic acids is 1. The van der Waals surface area contributed by atoms with Crippen molar-refractivity contribution in [2.75, 3.05) is 11.1 Å². The molecule has 0 spiro atoms. The highest BCUT2D eigenvalue weighted by Gasteiger charge is 2.16. The number of benzene rings is 1. The van der Waals surface area contributed by atoms with E-state index in [0.717, 1.165) is 33.1 Å². The number of carbonyl (C=O) groups is 1. The first-order valence-corrected chi connectivity index (χ1v) is 10.5. The standard InChI is InChI=1S/C21H23N5O4S/c1-5-8-26-19(28)16(14(4)22-20(26)29)10-18-24-25-21(30-18)31-11-17(27)23-15-7-6-12(2)13(3)9-15/h5-7,9H,1,8,10-11H2,2-4H3,(H,22,29)(H,23,27). The molecule has 0 aliphatic heterocycles. The second kappa shape index (κ2) is 9.61. The normalized spacial score (nSPS) is 10.8. The number of nitrogens with zero attached hydrogens (tertiary/aromatic N) is 3. The molecule has 0 bridgehead atoms. The Morgan fingerprint density at radius 1 is 1.26 bits per heavy atom. The Bertz CT molecular complexity index is 1240. The van der Waals surface area contributed by atoms with Crippen LogP contribution in [-0.4, -0.2) is 31.4 Å². The molecule has 10 heteroatoms. The van der Waals surface area contributed by atoms with Gasteiger partial charge in [-0.15, -0.1) is 16.8 Å². The molecule has 0 aliphatic rings. The number of aromatic nitrogens is 4. The smallest absolute Gasteiger partial charge is 0.328 e. The van der Waals surface area contributed by atoms with Crippen molar-refractivity contribution in [3.63, 3.8) is 0 Å². The number of allylic oxidation sites excluding steroid dienone is 1. The monoisotopic (exact) mass is 441 g/mol. The van der Waals surface area contributed by atoms with Crippen molar-refractivity contribution >= 4 is 23.4 Å². The van der Waals surface area contributed by atoms with Crippen molar-refractivity contribution < 1.29 is 9.21 Å². The predicted octanol–water partition coefficient (Wildman–Crippen LogP) is 2.35. The summed E-state index contributed by atoms with van der Waals surface area (Å²) in [4.78, 5) is 39.4. The fourth-order valence-corrected chi connectivity index (χ4v) is 3.47. The van der Waals surface area contributed by atoms with Gasteiger partial charge in [0, 0.05) is 23.5 Å². The van der Waals surface area contributed by atoms with E-state index in [-0.39, 0.29) is 35.7 Å². The molecule has 1 amide bonds. The molecular formula is C21H23N5O4S. The minimum Gasteiger partial charge on any atom is -0.416 e. The van der Waals surface area contributed by atoms with Crippen molar-refractivity contribution in [1.29, 1.82) is 0 Å². The van der Waals surface area contributed by atoms with Crippen LogP contribution in [0.25, 0.3) is 0 Å². The summed E-state index contributed by atoms with van der Waals surface area (Å²) in [6.45, 7) is 9.28. The summed E-state index contributed by atoms with van der Waals surface area (Å²) in [5.41, 5.74) is 2.84. The molecule has 0 unspecified atom stereocenters. The minimum atomic E-state index is -0.497. The van der Waals surface area contributed by atoms with E-state index in [9.17, 15) is 14.4 Å². The van der Waals surface area contributed by atoms with Gasteiger partial charge in [0.15, 0.2) is 0 Å². The molecule has 0 fully saturated rings. The fourth-order valence-electron chi connectivity index (χ4n) is 2.88. The van der Waals surface area contributed by atoms with E-state index < -0.39 is 11.2 Å². The number of amides is 1. The summed E-state index contributed by atoms with van der Waals surface area (Å²) in [6.07, 6.45) is 1.54. The molecule has 0 saturated carbocycles. The lowest BCUT2D eigenvalue weighted by atomic mass is 10.1.